The van der Waals surface area contributed by atoms with Crippen LogP contribution in [0, 0.1) is 0 Å². The van der Waals surface area contributed by atoms with E-state index in [2.05, 4.69) is 32.3 Å². The van der Waals surface area contributed by atoms with Crippen LogP contribution >= 0.6 is 0 Å². The van der Waals surface area contributed by atoms with Crippen LogP contribution < -0.4 is 5.32 Å². The summed E-state index contributed by atoms with van der Waals surface area (Å²) in [4.78, 5) is 11.0. The molecule has 0 amide bonds. The lowest BCUT2D eigenvalue weighted by molar-refractivity contribution is 0.0360. The van der Waals surface area contributed by atoms with Gasteiger partial charge in [-0.2, -0.15) is 0 Å². The molecule has 6 nitrogen and oxygen atoms in total. The summed E-state index contributed by atoms with van der Waals surface area (Å²) in [6.45, 7) is 4.19. The highest BCUT2D eigenvalue weighted by Crippen LogP contribution is 2.19. The third kappa shape index (κ3) is 4.48. The molecule has 0 aliphatic carbocycles. The Morgan fingerprint density at radius 2 is 1.96 bits per heavy atom. The number of ether oxygens (including phenoxy) is 1. The Hall–Kier alpha value is -2.02. The second-order valence-electron chi connectivity index (χ2n) is 5.55. The van der Waals surface area contributed by atoms with Gasteiger partial charge in [0.15, 0.2) is 0 Å². The van der Waals surface area contributed by atoms with E-state index in [1.54, 1.807) is 12.3 Å². The van der Waals surface area contributed by atoms with Gasteiger partial charge in [0, 0.05) is 25.8 Å². The van der Waals surface area contributed by atoms with Crippen LogP contribution in [-0.2, 0) is 11.3 Å². The van der Waals surface area contributed by atoms with E-state index in [4.69, 9.17) is 4.74 Å². The fraction of sp³-hybridized carbons (Fsp3) is 0.412. The lowest BCUT2D eigenvalue weighted by Gasteiger charge is -2.31. The second-order valence-corrected chi connectivity index (χ2v) is 5.55. The number of aliphatic hydroxyl groups is 1. The quantitative estimate of drug-likeness (QED) is 0.841. The molecule has 1 aromatic heterocycles. The van der Waals surface area contributed by atoms with Crippen molar-refractivity contribution in [1.82, 2.24) is 14.9 Å². The monoisotopic (exact) mass is 314 g/mol. The van der Waals surface area contributed by atoms with Crippen LogP contribution in [0.2, 0.25) is 0 Å². The van der Waals surface area contributed by atoms with Gasteiger partial charge >= 0.3 is 0 Å². The van der Waals surface area contributed by atoms with Gasteiger partial charge in [0.1, 0.15) is 0 Å². The largest absolute Gasteiger partial charge is 0.390 e. The summed E-state index contributed by atoms with van der Waals surface area (Å²) in [7, 11) is 0. The van der Waals surface area contributed by atoms with E-state index in [-0.39, 0.29) is 12.6 Å². The molecule has 0 radical (unpaired) electrons. The highest BCUT2D eigenvalue weighted by atomic mass is 16.5. The zero-order chi connectivity index (χ0) is 15.9. The summed E-state index contributed by atoms with van der Waals surface area (Å²) in [5, 5.41) is 12.6. The third-order valence-electron chi connectivity index (χ3n) is 3.92. The number of hydrogen-bond donors (Lipinski definition) is 2. The number of rotatable bonds is 6. The fourth-order valence-electron chi connectivity index (χ4n) is 2.67. The predicted octanol–water partition coefficient (Wildman–Crippen LogP) is 1.45. The van der Waals surface area contributed by atoms with Crippen molar-refractivity contribution in [3.8, 4) is 0 Å². The van der Waals surface area contributed by atoms with Crippen LogP contribution in [0.1, 0.15) is 17.3 Å². The van der Waals surface area contributed by atoms with Crippen molar-refractivity contribution < 1.29 is 9.84 Å². The normalized spacial score (nSPS) is 16.9. The van der Waals surface area contributed by atoms with Crippen molar-refractivity contribution in [1.29, 1.82) is 0 Å². The van der Waals surface area contributed by atoms with Gasteiger partial charge in [-0.15, -0.1) is 0 Å². The second kappa shape index (κ2) is 8.01. The number of benzene rings is 1. The molecule has 1 unspecified atom stereocenters. The zero-order valence-electron chi connectivity index (χ0n) is 13.1. The Morgan fingerprint density at radius 3 is 2.70 bits per heavy atom. The van der Waals surface area contributed by atoms with E-state index in [1.807, 2.05) is 18.2 Å². The van der Waals surface area contributed by atoms with Gasteiger partial charge in [-0.3, -0.25) is 4.90 Å². The van der Waals surface area contributed by atoms with Crippen LogP contribution in [-0.4, -0.2) is 52.8 Å². The van der Waals surface area contributed by atoms with Crippen molar-refractivity contribution in [2.45, 2.75) is 12.6 Å². The molecule has 1 aliphatic rings. The molecule has 0 saturated carbocycles. The Balaban J connectivity index is 1.76. The van der Waals surface area contributed by atoms with Crippen molar-refractivity contribution in [3.63, 3.8) is 0 Å². The molecule has 1 aromatic carbocycles. The molecule has 2 aromatic rings. The lowest BCUT2D eigenvalue weighted by atomic mass is 10.1. The van der Waals surface area contributed by atoms with Gasteiger partial charge in [-0.05, 0) is 11.6 Å². The predicted molar refractivity (Wildman–Crippen MR) is 88.0 cm³/mol. The van der Waals surface area contributed by atoms with E-state index in [0.717, 1.165) is 32.8 Å². The maximum absolute atomic E-state index is 9.23. The fourth-order valence-corrected chi connectivity index (χ4v) is 2.67. The highest BCUT2D eigenvalue weighted by Gasteiger charge is 2.19. The number of morpholine rings is 1. The molecule has 122 valence electrons. The molecule has 1 atom stereocenters. The number of anilines is 1. The topological polar surface area (TPSA) is 70.5 Å². The minimum Gasteiger partial charge on any atom is -0.390 e. The van der Waals surface area contributed by atoms with E-state index in [9.17, 15) is 5.11 Å². The highest BCUT2D eigenvalue weighted by molar-refractivity contribution is 5.32. The average molecular weight is 314 g/mol. The third-order valence-corrected chi connectivity index (χ3v) is 3.92. The van der Waals surface area contributed by atoms with E-state index in [0.29, 0.717) is 11.6 Å². The summed E-state index contributed by atoms with van der Waals surface area (Å²) in [6.07, 6.45) is 1.66. The molecule has 1 saturated heterocycles. The van der Waals surface area contributed by atoms with Gasteiger partial charge in [-0.1, -0.05) is 30.3 Å². The molecular formula is C17H22N4O2. The molecule has 0 bridgehead atoms. The number of nitrogens with zero attached hydrogens (tertiary/aromatic N) is 3. The van der Waals surface area contributed by atoms with Crippen LogP contribution in [0.4, 0.5) is 5.95 Å². The maximum Gasteiger partial charge on any atom is 0.223 e. The zero-order valence-corrected chi connectivity index (χ0v) is 13.1. The first-order valence-corrected chi connectivity index (χ1v) is 7.89. The van der Waals surface area contributed by atoms with E-state index in [1.165, 1.54) is 5.56 Å². The maximum atomic E-state index is 9.23. The summed E-state index contributed by atoms with van der Waals surface area (Å²) in [5.41, 5.74) is 1.80. The Kier molecular flexibility index (Phi) is 5.52. The molecule has 0 spiro atoms. The average Bonchev–Trinajstić information content (AvgIpc) is 2.63. The van der Waals surface area contributed by atoms with Crippen molar-refractivity contribution >= 4 is 5.95 Å². The van der Waals surface area contributed by atoms with Gasteiger partial charge < -0.3 is 15.2 Å². The number of aliphatic hydroxyl groups excluding tert-OH is 1. The number of hydrogen-bond acceptors (Lipinski definition) is 6. The minimum atomic E-state index is -0.0866. The van der Waals surface area contributed by atoms with Gasteiger partial charge in [0.05, 0.1) is 31.6 Å². The van der Waals surface area contributed by atoms with Crippen LogP contribution in [0.3, 0.4) is 0 Å². The van der Waals surface area contributed by atoms with Crippen molar-refractivity contribution in [2.75, 3.05) is 38.2 Å². The first-order valence-electron chi connectivity index (χ1n) is 7.89. The Labute approximate surface area is 136 Å². The van der Waals surface area contributed by atoms with Gasteiger partial charge in [0.2, 0.25) is 5.95 Å². The van der Waals surface area contributed by atoms with Crippen molar-refractivity contribution in [2.24, 2.45) is 0 Å². The van der Waals surface area contributed by atoms with Gasteiger partial charge in [-0.25, -0.2) is 9.97 Å². The molecule has 2 heterocycles. The Bertz CT molecular complexity index is 603. The van der Waals surface area contributed by atoms with Crippen LogP contribution in [0.25, 0.3) is 0 Å². The molecule has 23 heavy (non-hydrogen) atoms. The van der Waals surface area contributed by atoms with Crippen molar-refractivity contribution in [3.05, 3.63) is 53.9 Å². The summed E-state index contributed by atoms with van der Waals surface area (Å²) < 4.78 is 5.42. The molecular weight excluding hydrogens is 292 g/mol. The number of aromatic nitrogens is 2. The lowest BCUT2D eigenvalue weighted by Crippen LogP contribution is -2.40. The minimum absolute atomic E-state index is 0.0863. The van der Waals surface area contributed by atoms with Gasteiger partial charge in [0.25, 0.3) is 0 Å². The van der Waals surface area contributed by atoms with Crippen LogP contribution in [0.5, 0.6) is 0 Å². The summed E-state index contributed by atoms with van der Waals surface area (Å²) >= 11 is 0. The van der Waals surface area contributed by atoms with Crippen LogP contribution in [0.15, 0.2) is 42.6 Å². The van der Waals surface area contributed by atoms with E-state index >= 15 is 0 Å². The standard InChI is InChI=1S/C17H22N4O2/c22-13-15-6-7-18-17(19-15)20-16(14-4-2-1-3-5-14)12-21-8-10-23-11-9-21/h1-7,16,22H,8-13H2,(H,18,19,20). The Morgan fingerprint density at radius 1 is 1.17 bits per heavy atom. The SMILES string of the molecule is OCc1ccnc(NC(CN2CCOCC2)c2ccccc2)n1. The van der Waals surface area contributed by atoms with E-state index < -0.39 is 0 Å². The molecule has 6 heteroatoms. The molecule has 3 rings (SSSR count). The molecule has 2 N–H and O–H groups in total. The molecule has 1 fully saturated rings. The summed E-state index contributed by atoms with van der Waals surface area (Å²) in [5.74, 6) is 0.540. The first kappa shape index (κ1) is 15.9. The summed E-state index contributed by atoms with van der Waals surface area (Å²) in [6, 6.07) is 12.1. The smallest absolute Gasteiger partial charge is 0.223 e. The first-order chi connectivity index (χ1) is 11.3. The number of nitrogens with one attached hydrogen (secondary N) is 1. The molecule has 1 aliphatic heterocycles.